The number of ether oxygens (including phenoxy) is 1. The quantitative estimate of drug-likeness (QED) is 0.440. The molecule has 5 rings (SSSR count). The van der Waals surface area contributed by atoms with Gasteiger partial charge in [0.05, 0.1) is 30.4 Å². The molecule has 194 valence electrons. The number of benzene rings is 1. The summed E-state index contributed by atoms with van der Waals surface area (Å²) in [6, 6.07) is 5.22. The van der Waals surface area contributed by atoms with Gasteiger partial charge in [0.25, 0.3) is 0 Å². The van der Waals surface area contributed by atoms with Crippen LogP contribution >= 0.6 is 11.6 Å². The first-order chi connectivity index (χ1) is 17.5. The molecule has 8 heteroatoms. The van der Waals surface area contributed by atoms with Crippen LogP contribution in [-0.4, -0.2) is 53.6 Å². The molecule has 2 aliphatic carbocycles. The van der Waals surface area contributed by atoms with Crippen LogP contribution in [0.5, 0.6) is 5.75 Å². The second-order valence-electron chi connectivity index (χ2n) is 10.7. The van der Waals surface area contributed by atoms with Gasteiger partial charge in [-0.3, -0.25) is 4.79 Å². The Hall–Kier alpha value is -2.41. The molecule has 0 bridgehead atoms. The van der Waals surface area contributed by atoms with Crippen molar-refractivity contribution in [3.05, 3.63) is 47.0 Å². The van der Waals surface area contributed by atoms with E-state index in [0.29, 0.717) is 34.9 Å². The van der Waals surface area contributed by atoms with Gasteiger partial charge in [0, 0.05) is 32.2 Å². The van der Waals surface area contributed by atoms with Gasteiger partial charge in [-0.2, -0.15) is 0 Å². The van der Waals surface area contributed by atoms with Gasteiger partial charge in [-0.1, -0.05) is 30.5 Å². The number of halogens is 2. The summed E-state index contributed by atoms with van der Waals surface area (Å²) in [5.41, 5.74) is 0.440. The highest BCUT2D eigenvalue weighted by molar-refractivity contribution is 6.30. The first kappa shape index (κ1) is 25.2. The molecule has 2 saturated carbocycles. The van der Waals surface area contributed by atoms with Gasteiger partial charge in [-0.25, -0.2) is 14.4 Å². The van der Waals surface area contributed by atoms with Crippen molar-refractivity contribution in [1.82, 2.24) is 14.9 Å². The molecule has 1 aliphatic heterocycles. The second kappa shape index (κ2) is 11.3. The number of rotatable bonds is 9. The molecule has 0 spiro atoms. The van der Waals surface area contributed by atoms with Gasteiger partial charge in [0.1, 0.15) is 11.6 Å². The molecule has 2 aromatic rings. The third-order valence-corrected chi connectivity index (χ3v) is 8.60. The maximum atomic E-state index is 14.7. The largest absolute Gasteiger partial charge is 0.493 e. The number of hydrogen-bond acceptors (Lipinski definition) is 5. The molecule has 3 fully saturated rings. The smallest absolute Gasteiger partial charge is 0.227 e. The predicted octanol–water partition coefficient (Wildman–Crippen LogP) is 5.53. The first-order valence-electron chi connectivity index (χ1n) is 13.4. The minimum atomic E-state index is -0.360. The minimum absolute atomic E-state index is 0.0132. The number of anilines is 1. The fraction of sp³-hybridized carbons (Fsp3) is 0.607. The van der Waals surface area contributed by atoms with E-state index < -0.39 is 0 Å². The highest BCUT2D eigenvalue weighted by atomic mass is 35.5. The summed E-state index contributed by atoms with van der Waals surface area (Å²) in [6.07, 6.45) is 12.4. The summed E-state index contributed by atoms with van der Waals surface area (Å²) in [6.45, 7) is 2.56. The Bertz CT molecular complexity index is 1040. The van der Waals surface area contributed by atoms with E-state index in [9.17, 15) is 9.18 Å². The van der Waals surface area contributed by atoms with Gasteiger partial charge in [0.15, 0.2) is 0 Å². The Morgan fingerprint density at radius 2 is 1.89 bits per heavy atom. The van der Waals surface area contributed by atoms with Crippen molar-refractivity contribution >= 4 is 23.5 Å². The third kappa shape index (κ3) is 6.10. The molecule has 6 nitrogen and oxygen atoms in total. The molecule has 3 aliphatic rings. The van der Waals surface area contributed by atoms with Crippen LogP contribution in [-0.2, 0) is 11.2 Å². The summed E-state index contributed by atoms with van der Waals surface area (Å²) in [5, 5.41) is 0.563. The van der Waals surface area contributed by atoms with Gasteiger partial charge in [-0.15, -0.1) is 0 Å². The predicted molar refractivity (Wildman–Crippen MR) is 139 cm³/mol. The standard InChI is InChI=1S/C28H36ClFN4O2/c1-33(23-4-2-3-5-23)27(35)15-21-6-7-24(16-26(21)30)36-13-10-20-14-25(20)19-8-11-34(12-9-19)28-31-17-22(29)18-32-28/h6-7,16-20,23,25H,2-5,8-15H2,1H3/t20-,25-/m0/s1. The zero-order valence-electron chi connectivity index (χ0n) is 21.0. The molecule has 1 amide bonds. The molecule has 36 heavy (non-hydrogen) atoms. The van der Waals surface area contributed by atoms with E-state index in [-0.39, 0.29) is 18.1 Å². The molecular weight excluding hydrogens is 479 g/mol. The van der Waals surface area contributed by atoms with Gasteiger partial charge >= 0.3 is 0 Å². The van der Waals surface area contributed by atoms with Crippen LogP contribution in [0.15, 0.2) is 30.6 Å². The lowest BCUT2D eigenvalue weighted by atomic mass is 9.90. The van der Waals surface area contributed by atoms with E-state index in [1.165, 1.54) is 25.3 Å². The van der Waals surface area contributed by atoms with Gasteiger partial charge in [0.2, 0.25) is 11.9 Å². The zero-order chi connectivity index (χ0) is 25.1. The van der Waals surface area contributed by atoms with Crippen molar-refractivity contribution in [2.75, 3.05) is 31.6 Å². The van der Waals surface area contributed by atoms with Gasteiger partial charge in [-0.05, 0) is 67.9 Å². The highest BCUT2D eigenvalue weighted by Gasteiger charge is 2.43. The molecule has 1 aromatic heterocycles. The van der Waals surface area contributed by atoms with E-state index in [0.717, 1.165) is 63.0 Å². The van der Waals surface area contributed by atoms with E-state index in [1.54, 1.807) is 29.4 Å². The average molecular weight is 515 g/mol. The van der Waals surface area contributed by atoms with Crippen LogP contribution in [0.2, 0.25) is 5.02 Å². The minimum Gasteiger partial charge on any atom is -0.493 e. The third-order valence-electron chi connectivity index (χ3n) is 8.40. The fourth-order valence-corrected chi connectivity index (χ4v) is 6.15. The number of likely N-dealkylation sites (N-methyl/N-ethyl adjacent to an activating group) is 1. The van der Waals surface area contributed by atoms with Crippen LogP contribution in [0, 0.1) is 23.6 Å². The summed E-state index contributed by atoms with van der Waals surface area (Å²) in [4.78, 5) is 25.3. The second-order valence-corrected chi connectivity index (χ2v) is 11.1. The van der Waals surface area contributed by atoms with Crippen LogP contribution in [0.1, 0.15) is 56.9 Å². The Balaban J connectivity index is 1.02. The topological polar surface area (TPSA) is 58.6 Å². The number of piperidine rings is 1. The monoisotopic (exact) mass is 514 g/mol. The normalized spacial score (nSPS) is 22.6. The van der Waals surface area contributed by atoms with E-state index >= 15 is 0 Å². The number of carbonyl (C=O) groups is 1. The van der Waals surface area contributed by atoms with E-state index in [4.69, 9.17) is 16.3 Å². The summed E-state index contributed by atoms with van der Waals surface area (Å²) < 4.78 is 20.5. The molecular formula is C28H36ClFN4O2. The molecule has 0 unspecified atom stereocenters. The number of amides is 1. The number of nitrogens with zero attached hydrogens (tertiary/aromatic N) is 4. The molecule has 1 saturated heterocycles. The Kier molecular flexibility index (Phi) is 7.94. The summed E-state index contributed by atoms with van der Waals surface area (Å²) >= 11 is 5.90. The van der Waals surface area contributed by atoms with E-state index in [2.05, 4.69) is 14.9 Å². The molecule has 2 atom stereocenters. The van der Waals surface area contributed by atoms with Gasteiger partial charge < -0.3 is 14.5 Å². The number of aromatic nitrogens is 2. The van der Waals surface area contributed by atoms with Crippen molar-refractivity contribution in [2.45, 2.75) is 63.8 Å². The maximum absolute atomic E-state index is 14.7. The summed E-state index contributed by atoms with van der Waals surface area (Å²) in [5.74, 6) is 3.14. The lowest BCUT2D eigenvalue weighted by Gasteiger charge is -2.32. The van der Waals surface area contributed by atoms with Crippen LogP contribution in [0.25, 0.3) is 0 Å². The van der Waals surface area contributed by atoms with Crippen molar-refractivity contribution in [1.29, 1.82) is 0 Å². The van der Waals surface area contributed by atoms with Crippen LogP contribution in [0.3, 0.4) is 0 Å². The first-order valence-corrected chi connectivity index (χ1v) is 13.7. The van der Waals surface area contributed by atoms with Crippen molar-refractivity contribution in [3.8, 4) is 5.75 Å². The van der Waals surface area contributed by atoms with Crippen molar-refractivity contribution in [3.63, 3.8) is 0 Å². The summed E-state index contributed by atoms with van der Waals surface area (Å²) in [7, 11) is 1.84. The van der Waals surface area contributed by atoms with E-state index in [1.807, 2.05) is 7.05 Å². The Morgan fingerprint density at radius 3 is 2.58 bits per heavy atom. The zero-order valence-corrected chi connectivity index (χ0v) is 21.8. The fourth-order valence-electron chi connectivity index (χ4n) is 6.05. The molecule has 2 heterocycles. The van der Waals surface area contributed by atoms with Crippen molar-refractivity contribution in [2.24, 2.45) is 17.8 Å². The average Bonchev–Trinajstić information content (AvgIpc) is 3.44. The lowest BCUT2D eigenvalue weighted by molar-refractivity contribution is -0.131. The lowest BCUT2D eigenvalue weighted by Crippen LogP contribution is -2.36. The molecule has 1 aromatic carbocycles. The molecule has 0 radical (unpaired) electrons. The van der Waals surface area contributed by atoms with Crippen LogP contribution in [0.4, 0.5) is 10.3 Å². The Morgan fingerprint density at radius 1 is 1.17 bits per heavy atom. The molecule has 0 N–H and O–H groups in total. The number of carbonyl (C=O) groups excluding carboxylic acids is 1. The maximum Gasteiger partial charge on any atom is 0.227 e. The Labute approximate surface area is 218 Å². The van der Waals surface area contributed by atoms with Crippen molar-refractivity contribution < 1.29 is 13.9 Å². The van der Waals surface area contributed by atoms with Crippen LogP contribution < -0.4 is 9.64 Å². The SMILES string of the molecule is CN(C(=O)Cc1ccc(OCC[C@H]2C[C@H]2C2CCN(c3ncc(Cl)cn3)CC2)cc1F)C1CCCC1. The number of hydrogen-bond donors (Lipinski definition) is 0. The highest BCUT2D eigenvalue weighted by Crippen LogP contribution is 2.49.